The molecular formula is C17H23BrClNO2. The predicted molar refractivity (Wildman–Crippen MR) is 93.6 cm³/mol. The van der Waals surface area contributed by atoms with Gasteiger partial charge in [0.15, 0.2) is 0 Å². The molecule has 0 amide bonds. The molecule has 2 heterocycles. The van der Waals surface area contributed by atoms with Crippen molar-refractivity contribution in [1.82, 2.24) is 4.90 Å². The number of hydrogen-bond acceptors (Lipinski definition) is 3. The van der Waals surface area contributed by atoms with E-state index in [-0.39, 0.29) is 18.4 Å². The average molecular weight is 389 g/mol. The third-order valence-corrected chi connectivity index (χ3v) is 5.21. The number of piperidine rings is 2. The Morgan fingerprint density at radius 3 is 2.86 bits per heavy atom. The molecule has 0 N–H and O–H groups in total. The molecule has 22 heavy (non-hydrogen) atoms. The van der Waals surface area contributed by atoms with Gasteiger partial charge in [0, 0.05) is 16.4 Å². The van der Waals surface area contributed by atoms with Gasteiger partial charge in [-0.1, -0.05) is 28.4 Å². The molecule has 2 aliphatic heterocycles. The second-order valence-corrected chi connectivity index (χ2v) is 7.03. The summed E-state index contributed by atoms with van der Waals surface area (Å²) in [4.78, 5) is 14.7. The largest absolute Gasteiger partial charge is 0.462 e. The molecule has 0 aromatic heterocycles. The normalized spacial score (nSPS) is 25.0. The summed E-state index contributed by atoms with van der Waals surface area (Å²) in [5.41, 5.74) is 0.626. The highest BCUT2D eigenvalue weighted by Crippen LogP contribution is 2.31. The molecule has 0 bridgehead atoms. The molecule has 2 atom stereocenters. The van der Waals surface area contributed by atoms with E-state index in [1.165, 1.54) is 45.2 Å². The topological polar surface area (TPSA) is 29.5 Å². The van der Waals surface area contributed by atoms with Gasteiger partial charge in [0.05, 0.1) is 12.2 Å². The molecule has 5 heteroatoms. The van der Waals surface area contributed by atoms with E-state index in [9.17, 15) is 4.79 Å². The first-order valence-electron chi connectivity index (χ1n) is 7.91. The number of ether oxygens (including phenoxy) is 1. The fourth-order valence-corrected chi connectivity index (χ4v) is 4.05. The number of esters is 1. The number of nitrogens with zero attached hydrogens (tertiary/aromatic N) is 1. The molecular weight excluding hydrogens is 366 g/mol. The van der Waals surface area contributed by atoms with E-state index in [2.05, 4.69) is 20.8 Å². The number of halogens is 2. The van der Waals surface area contributed by atoms with Gasteiger partial charge in [-0.3, -0.25) is 4.90 Å². The van der Waals surface area contributed by atoms with E-state index < -0.39 is 0 Å². The Kier molecular flexibility index (Phi) is 6.72. The van der Waals surface area contributed by atoms with Crippen LogP contribution in [0.2, 0.25) is 0 Å². The summed E-state index contributed by atoms with van der Waals surface area (Å²) < 4.78 is 6.50. The standard InChI is InChI=1S/C17H22BrNO2.ClH/c18-15-7-3-5-13(11-15)17(20)21-12-14-6-4-10-19-9-2-1-8-16(14)19;/h3,5,7,11,14,16H,1-2,4,6,8-10,12H2;1H. The van der Waals surface area contributed by atoms with Crippen molar-refractivity contribution in [3.05, 3.63) is 34.3 Å². The third kappa shape index (κ3) is 4.24. The van der Waals surface area contributed by atoms with E-state index in [0.717, 1.165) is 4.47 Å². The Morgan fingerprint density at radius 2 is 2.05 bits per heavy atom. The number of benzene rings is 1. The number of carbonyl (C=O) groups excluding carboxylic acids is 1. The van der Waals surface area contributed by atoms with Crippen LogP contribution in [0.5, 0.6) is 0 Å². The Hall–Kier alpha value is -0.580. The number of carbonyl (C=O) groups is 1. The molecule has 2 aliphatic rings. The van der Waals surface area contributed by atoms with E-state index in [0.29, 0.717) is 24.1 Å². The Morgan fingerprint density at radius 1 is 1.23 bits per heavy atom. The summed E-state index contributed by atoms with van der Waals surface area (Å²) in [5.74, 6) is 0.305. The van der Waals surface area contributed by atoms with Gasteiger partial charge in [-0.2, -0.15) is 0 Å². The van der Waals surface area contributed by atoms with Crippen LogP contribution >= 0.6 is 28.3 Å². The molecule has 0 radical (unpaired) electrons. The fourth-order valence-electron chi connectivity index (χ4n) is 3.65. The number of fused-ring (bicyclic) bond motifs is 1. The Labute approximate surface area is 146 Å². The van der Waals surface area contributed by atoms with E-state index in [1.807, 2.05) is 18.2 Å². The molecule has 1 aromatic carbocycles. The van der Waals surface area contributed by atoms with Crippen LogP contribution in [0.1, 0.15) is 42.5 Å². The molecule has 0 spiro atoms. The van der Waals surface area contributed by atoms with Gasteiger partial charge >= 0.3 is 5.97 Å². The summed E-state index contributed by atoms with van der Waals surface area (Å²) in [5, 5.41) is 0. The van der Waals surface area contributed by atoms with Crippen LogP contribution < -0.4 is 0 Å². The maximum Gasteiger partial charge on any atom is 0.338 e. The average Bonchev–Trinajstić information content (AvgIpc) is 2.52. The van der Waals surface area contributed by atoms with Crippen molar-refractivity contribution < 1.29 is 9.53 Å². The predicted octanol–water partition coefficient (Wildman–Crippen LogP) is 4.29. The van der Waals surface area contributed by atoms with Gasteiger partial charge in [0.2, 0.25) is 0 Å². The van der Waals surface area contributed by atoms with Crippen molar-refractivity contribution in [2.75, 3.05) is 19.7 Å². The maximum absolute atomic E-state index is 12.1. The minimum absolute atomic E-state index is 0. The molecule has 2 unspecified atom stereocenters. The Balaban J connectivity index is 0.00000176. The highest BCUT2D eigenvalue weighted by molar-refractivity contribution is 9.10. The molecule has 3 nitrogen and oxygen atoms in total. The Bertz CT molecular complexity index is 509. The number of rotatable bonds is 3. The van der Waals surface area contributed by atoms with Crippen LogP contribution in [0.4, 0.5) is 0 Å². The summed E-state index contributed by atoms with van der Waals surface area (Å²) in [6.07, 6.45) is 6.32. The van der Waals surface area contributed by atoms with Crippen molar-refractivity contribution >= 4 is 34.3 Å². The molecule has 2 fully saturated rings. The van der Waals surface area contributed by atoms with E-state index in [4.69, 9.17) is 4.74 Å². The van der Waals surface area contributed by atoms with Crippen molar-refractivity contribution in [3.63, 3.8) is 0 Å². The third-order valence-electron chi connectivity index (χ3n) is 4.72. The summed E-state index contributed by atoms with van der Waals surface area (Å²) in [6.45, 7) is 3.01. The van der Waals surface area contributed by atoms with E-state index in [1.54, 1.807) is 6.07 Å². The lowest BCUT2D eigenvalue weighted by molar-refractivity contribution is 0.00738. The zero-order chi connectivity index (χ0) is 14.7. The van der Waals surface area contributed by atoms with Crippen LogP contribution in [-0.4, -0.2) is 36.6 Å². The first-order chi connectivity index (χ1) is 10.2. The molecule has 3 rings (SSSR count). The lowest BCUT2D eigenvalue weighted by Gasteiger charge is -2.44. The summed E-state index contributed by atoms with van der Waals surface area (Å²) >= 11 is 3.39. The molecule has 1 aromatic rings. The summed E-state index contributed by atoms with van der Waals surface area (Å²) in [6, 6.07) is 8.03. The fraction of sp³-hybridized carbons (Fsp3) is 0.588. The smallest absolute Gasteiger partial charge is 0.338 e. The summed E-state index contributed by atoms with van der Waals surface area (Å²) in [7, 11) is 0. The van der Waals surface area contributed by atoms with Crippen LogP contribution in [0, 0.1) is 5.92 Å². The van der Waals surface area contributed by atoms with Crippen LogP contribution in [0.15, 0.2) is 28.7 Å². The quantitative estimate of drug-likeness (QED) is 0.723. The first kappa shape index (κ1) is 17.8. The molecule has 122 valence electrons. The van der Waals surface area contributed by atoms with Crippen LogP contribution in [0.25, 0.3) is 0 Å². The van der Waals surface area contributed by atoms with Gasteiger partial charge in [-0.05, 0) is 57.0 Å². The molecule has 0 aliphatic carbocycles. The highest BCUT2D eigenvalue weighted by atomic mass is 79.9. The van der Waals surface area contributed by atoms with Crippen LogP contribution in [0.3, 0.4) is 0 Å². The maximum atomic E-state index is 12.1. The zero-order valence-corrected chi connectivity index (χ0v) is 15.1. The van der Waals surface area contributed by atoms with Gasteiger partial charge in [-0.25, -0.2) is 4.79 Å². The minimum atomic E-state index is -0.204. The molecule has 2 saturated heterocycles. The molecule has 0 saturated carbocycles. The van der Waals surface area contributed by atoms with Gasteiger partial charge < -0.3 is 4.74 Å². The van der Waals surface area contributed by atoms with Gasteiger partial charge in [-0.15, -0.1) is 12.4 Å². The lowest BCUT2D eigenvalue weighted by Crippen LogP contribution is -2.49. The van der Waals surface area contributed by atoms with Crippen LogP contribution in [-0.2, 0) is 4.74 Å². The minimum Gasteiger partial charge on any atom is -0.462 e. The monoisotopic (exact) mass is 387 g/mol. The highest BCUT2D eigenvalue weighted by Gasteiger charge is 2.33. The van der Waals surface area contributed by atoms with Crippen molar-refractivity contribution in [2.24, 2.45) is 5.92 Å². The first-order valence-corrected chi connectivity index (χ1v) is 8.70. The second-order valence-electron chi connectivity index (χ2n) is 6.11. The SMILES string of the molecule is Cl.O=C(OCC1CCCN2CCCCC12)c1cccc(Br)c1. The van der Waals surface area contributed by atoms with Crippen molar-refractivity contribution in [3.8, 4) is 0 Å². The van der Waals surface area contributed by atoms with E-state index >= 15 is 0 Å². The van der Waals surface area contributed by atoms with Crippen molar-refractivity contribution in [2.45, 2.75) is 38.1 Å². The zero-order valence-electron chi connectivity index (χ0n) is 12.7. The van der Waals surface area contributed by atoms with Crippen molar-refractivity contribution in [1.29, 1.82) is 0 Å². The van der Waals surface area contributed by atoms with Gasteiger partial charge in [0.25, 0.3) is 0 Å². The van der Waals surface area contributed by atoms with Gasteiger partial charge in [0.1, 0.15) is 0 Å². The second kappa shape index (κ2) is 8.32. The number of hydrogen-bond donors (Lipinski definition) is 0. The lowest BCUT2D eigenvalue weighted by atomic mass is 9.84.